The zero-order valence-electron chi connectivity index (χ0n) is 20.1. The summed E-state index contributed by atoms with van der Waals surface area (Å²) in [6.07, 6.45) is 2.32. The number of piperazine rings is 1. The minimum Gasteiger partial charge on any atom is -0.491 e. The molecule has 2 aliphatic rings. The van der Waals surface area contributed by atoms with E-state index < -0.39 is 0 Å². The Labute approximate surface area is 207 Å². The van der Waals surface area contributed by atoms with Crippen LogP contribution < -0.4 is 15.0 Å². The van der Waals surface area contributed by atoms with Crippen LogP contribution in [0, 0.1) is 0 Å². The number of ether oxygens (including phenoxy) is 2. The van der Waals surface area contributed by atoms with Crippen LogP contribution in [0.5, 0.6) is 5.75 Å². The molecule has 3 aromatic carbocycles. The minimum absolute atomic E-state index is 0.127. The number of benzene rings is 3. The topological polar surface area (TPSA) is 54.0 Å². The molecule has 0 saturated carbocycles. The fourth-order valence-corrected chi connectivity index (χ4v) is 4.63. The monoisotopic (exact) mass is 471 g/mol. The fraction of sp³-hybridized carbons (Fsp3) is 0.345. The Bertz CT molecular complexity index is 1070. The fourth-order valence-electron chi connectivity index (χ4n) is 4.63. The summed E-state index contributed by atoms with van der Waals surface area (Å²) in [7, 11) is 0. The van der Waals surface area contributed by atoms with Crippen LogP contribution in [0.15, 0.2) is 78.9 Å². The highest BCUT2D eigenvalue weighted by Gasteiger charge is 2.18. The van der Waals surface area contributed by atoms with Gasteiger partial charge in [0.1, 0.15) is 12.4 Å². The molecule has 2 aliphatic heterocycles. The number of amides is 1. The van der Waals surface area contributed by atoms with Gasteiger partial charge in [0.2, 0.25) is 0 Å². The summed E-state index contributed by atoms with van der Waals surface area (Å²) in [4.78, 5) is 17.6. The molecule has 0 aliphatic carbocycles. The normalized spacial score (nSPS) is 18.4. The van der Waals surface area contributed by atoms with Crippen molar-refractivity contribution in [1.29, 1.82) is 0 Å². The first kappa shape index (κ1) is 23.4. The Balaban J connectivity index is 1.09. The summed E-state index contributed by atoms with van der Waals surface area (Å²) in [5, 5.41) is 2.99. The molecular weight excluding hydrogens is 438 g/mol. The minimum atomic E-state index is -0.127. The second kappa shape index (κ2) is 11.4. The van der Waals surface area contributed by atoms with Gasteiger partial charge < -0.3 is 19.7 Å². The molecule has 0 radical (unpaired) electrons. The van der Waals surface area contributed by atoms with Crippen molar-refractivity contribution in [3.05, 3.63) is 90.0 Å². The van der Waals surface area contributed by atoms with Gasteiger partial charge in [-0.3, -0.25) is 9.69 Å². The van der Waals surface area contributed by atoms with Gasteiger partial charge in [-0.05, 0) is 66.9 Å². The second-order valence-corrected chi connectivity index (χ2v) is 9.22. The van der Waals surface area contributed by atoms with Gasteiger partial charge in [0.15, 0.2) is 0 Å². The van der Waals surface area contributed by atoms with Crippen LogP contribution in [0.1, 0.15) is 28.8 Å². The van der Waals surface area contributed by atoms with Crippen LogP contribution in [0.2, 0.25) is 0 Å². The molecular formula is C29H33N3O3. The van der Waals surface area contributed by atoms with Crippen molar-refractivity contribution < 1.29 is 14.3 Å². The Hall–Kier alpha value is -3.35. The van der Waals surface area contributed by atoms with Crippen LogP contribution >= 0.6 is 0 Å². The highest BCUT2D eigenvalue weighted by molar-refractivity contribution is 6.04. The third kappa shape index (κ3) is 6.41. The summed E-state index contributed by atoms with van der Waals surface area (Å²) in [6, 6.07) is 26.0. The quantitative estimate of drug-likeness (QED) is 0.511. The predicted molar refractivity (Wildman–Crippen MR) is 139 cm³/mol. The smallest absolute Gasteiger partial charge is 0.255 e. The van der Waals surface area contributed by atoms with Gasteiger partial charge in [0.05, 0.1) is 6.10 Å². The molecule has 2 fully saturated rings. The maximum atomic E-state index is 12.7. The van der Waals surface area contributed by atoms with E-state index in [0.717, 1.165) is 63.6 Å². The Kier molecular flexibility index (Phi) is 7.61. The van der Waals surface area contributed by atoms with E-state index >= 15 is 0 Å². The van der Waals surface area contributed by atoms with E-state index in [9.17, 15) is 4.79 Å². The van der Waals surface area contributed by atoms with E-state index in [1.54, 1.807) is 12.1 Å². The van der Waals surface area contributed by atoms with Crippen LogP contribution in [0.25, 0.3) is 0 Å². The van der Waals surface area contributed by atoms with Crippen LogP contribution in [0.3, 0.4) is 0 Å². The van der Waals surface area contributed by atoms with Crippen molar-refractivity contribution in [1.82, 2.24) is 4.90 Å². The molecule has 6 nitrogen and oxygen atoms in total. The van der Waals surface area contributed by atoms with Gasteiger partial charge in [-0.2, -0.15) is 0 Å². The van der Waals surface area contributed by atoms with Gasteiger partial charge in [-0.1, -0.05) is 30.3 Å². The number of nitrogens with zero attached hydrogens (tertiary/aromatic N) is 2. The lowest BCUT2D eigenvalue weighted by Crippen LogP contribution is -2.45. The average molecular weight is 472 g/mol. The third-order valence-electron chi connectivity index (χ3n) is 6.69. The van der Waals surface area contributed by atoms with Gasteiger partial charge >= 0.3 is 0 Å². The number of carbonyl (C=O) groups excluding carboxylic acids is 1. The van der Waals surface area contributed by atoms with Crippen molar-refractivity contribution in [3.63, 3.8) is 0 Å². The highest BCUT2D eigenvalue weighted by atomic mass is 16.5. The first-order valence-corrected chi connectivity index (χ1v) is 12.5. The van der Waals surface area contributed by atoms with Crippen molar-refractivity contribution >= 4 is 17.3 Å². The van der Waals surface area contributed by atoms with E-state index in [-0.39, 0.29) is 12.0 Å². The Morgan fingerprint density at radius 3 is 2.34 bits per heavy atom. The molecule has 0 bridgehead atoms. The van der Waals surface area contributed by atoms with Crippen LogP contribution in [0.4, 0.5) is 11.4 Å². The molecule has 1 atom stereocenters. The van der Waals surface area contributed by atoms with Crippen LogP contribution in [-0.4, -0.2) is 56.3 Å². The standard InChI is InChI=1S/C29H33N3O3/c33-29(24-8-14-27(15-9-24)35-22-28-7-4-20-34-28)30-25-10-12-26(13-11-25)32-18-16-31(17-19-32)21-23-5-2-1-3-6-23/h1-3,5-6,8-15,28H,4,7,16-22H2,(H,30,33)/t28-/m1/s1. The predicted octanol–water partition coefficient (Wildman–Crippen LogP) is 4.82. The molecule has 35 heavy (non-hydrogen) atoms. The summed E-state index contributed by atoms with van der Waals surface area (Å²) >= 11 is 0. The van der Waals surface area contributed by atoms with E-state index in [2.05, 4.69) is 57.6 Å². The van der Waals surface area contributed by atoms with E-state index in [0.29, 0.717) is 12.2 Å². The maximum Gasteiger partial charge on any atom is 0.255 e. The molecule has 182 valence electrons. The van der Waals surface area contributed by atoms with Crippen molar-refractivity contribution in [2.75, 3.05) is 49.6 Å². The number of anilines is 2. The van der Waals surface area contributed by atoms with Gasteiger partial charge in [0.25, 0.3) is 5.91 Å². The molecule has 1 amide bonds. The summed E-state index contributed by atoms with van der Waals surface area (Å²) in [6.45, 7) is 6.46. The first-order valence-electron chi connectivity index (χ1n) is 12.5. The lowest BCUT2D eigenvalue weighted by molar-refractivity contribution is 0.0679. The molecule has 1 N–H and O–H groups in total. The summed E-state index contributed by atoms with van der Waals surface area (Å²) in [5.41, 5.74) is 3.95. The summed E-state index contributed by atoms with van der Waals surface area (Å²) in [5.74, 6) is 0.628. The van der Waals surface area contributed by atoms with Gasteiger partial charge in [-0.25, -0.2) is 0 Å². The lowest BCUT2D eigenvalue weighted by Gasteiger charge is -2.36. The summed E-state index contributed by atoms with van der Waals surface area (Å²) < 4.78 is 11.4. The second-order valence-electron chi connectivity index (χ2n) is 9.22. The van der Waals surface area contributed by atoms with Crippen molar-refractivity contribution in [3.8, 4) is 5.75 Å². The molecule has 2 heterocycles. The number of hydrogen-bond donors (Lipinski definition) is 1. The number of hydrogen-bond acceptors (Lipinski definition) is 5. The number of nitrogens with one attached hydrogen (secondary N) is 1. The molecule has 0 spiro atoms. The zero-order valence-corrected chi connectivity index (χ0v) is 20.1. The zero-order chi connectivity index (χ0) is 23.9. The van der Waals surface area contributed by atoms with Gasteiger partial charge in [0, 0.05) is 56.3 Å². The largest absolute Gasteiger partial charge is 0.491 e. The first-order chi connectivity index (χ1) is 17.2. The maximum absolute atomic E-state index is 12.7. The molecule has 2 saturated heterocycles. The SMILES string of the molecule is O=C(Nc1ccc(N2CCN(Cc3ccccc3)CC2)cc1)c1ccc(OC[C@H]2CCCO2)cc1. The van der Waals surface area contributed by atoms with E-state index in [1.807, 2.05) is 24.3 Å². The van der Waals surface area contributed by atoms with E-state index in [1.165, 1.54) is 11.3 Å². The number of rotatable bonds is 8. The van der Waals surface area contributed by atoms with Crippen molar-refractivity contribution in [2.45, 2.75) is 25.5 Å². The highest BCUT2D eigenvalue weighted by Crippen LogP contribution is 2.21. The molecule has 3 aromatic rings. The molecule has 0 aromatic heterocycles. The molecule has 5 rings (SSSR count). The number of carbonyl (C=O) groups is 1. The Morgan fingerprint density at radius 1 is 0.914 bits per heavy atom. The van der Waals surface area contributed by atoms with Crippen molar-refractivity contribution in [2.24, 2.45) is 0 Å². The Morgan fingerprint density at radius 2 is 1.66 bits per heavy atom. The molecule has 0 unspecified atom stereocenters. The van der Waals surface area contributed by atoms with Gasteiger partial charge in [-0.15, -0.1) is 0 Å². The van der Waals surface area contributed by atoms with Crippen LogP contribution in [-0.2, 0) is 11.3 Å². The molecule has 6 heteroatoms. The average Bonchev–Trinajstić information content (AvgIpc) is 3.43. The third-order valence-corrected chi connectivity index (χ3v) is 6.69. The lowest BCUT2D eigenvalue weighted by atomic mass is 10.1. The van der Waals surface area contributed by atoms with E-state index in [4.69, 9.17) is 9.47 Å².